The van der Waals surface area contributed by atoms with Crippen molar-refractivity contribution in [1.82, 2.24) is 19.9 Å². The van der Waals surface area contributed by atoms with Crippen LogP contribution in [0.4, 0.5) is 5.82 Å². The Hall–Kier alpha value is -2.94. The molecule has 1 saturated carbocycles. The summed E-state index contributed by atoms with van der Waals surface area (Å²) in [6.45, 7) is 1.91. The van der Waals surface area contributed by atoms with Gasteiger partial charge in [-0.3, -0.25) is 14.3 Å². The minimum atomic E-state index is -0.198. The van der Waals surface area contributed by atoms with E-state index in [0.29, 0.717) is 28.6 Å². The highest BCUT2D eigenvalue weighted by molar-refractivity contribution is 6.30. The molecule has 0 aromatic carbocycles. The molecule has 0 spiro atoms. The summed E-state index contributed by atoms with van der Waals surface area (Å²) in [6.07, 6.45) is 9.90. The fraction of sp³-hybridized carbons (Fsp3) is 0.400. The number of aromatic nitrogens is 3. The van der Waals surface area contributed by atoms with Crippen LogP contribution in [-0.4, -0.2) is 46.9 Å². The van der Waals surface area contributed by atoms with Gasteiger partial charge in [0.2, 0.25) is 0 Å². The zero-order chi connectivity index (χ0) is 23.8. The molecule has 0 bridgehead atoms. The molecule has 180 valence electrons. The van der Waals surface area contributed by atoms with E-state index in [0.717, 1.165) is 50.3 Å². The van der Waals surface area contributed by atoms with Crippen molar-refractivity contribution in [3.63, 3.8) is 0 Å². The highest BCUT2D eigenvalue weighted by Crippen LogP contribution is 2.20. The normalized spacial score (nSPS) is 17.9. The summed E-state index contributed by atoms with van der Waals surface area (Å²) in [7, 11) is 1.79. The molecule has 4 rings (SSSR count). The van der Waals surface area contributed by atoms with Crippen molar-refractivity contribution < 1.29 is 9.47 Å². The summed E-state index contributed by atoms with van der Waals surface area (Å²) in [5.41, 5.74) is 1.22. The van der Waals surface area contributed by atoms with E-state index in [-0.39, 0.29) is 12.2 Å². The van der Waals surface area contributed by atoms with Gasteiger partial charge in [0.25, 0.3) is 5.56 Å². The number of rotatable bonds is 10. The summed E-state index contributed by atoms with van der Waals surface area (Å²) >= 11 is 5.84. The van der Waals surface area contributed by atoms with Crippen LogP contribution in [-0.2, 0) is 11.3 Å². The summed E-state index contributed by atoms with van der Waals surface area (Å²) in [4.78, 5) is 21.2. The lowest BCUT2D eigenvalue weighted by Gasteiger charge is -2.28. The van der Waals surface area contributed by atoms with Crippen LogP contribution in [0.2, 0.25) is 5.02 Å². The van der Waals surface area contributed by atoms with Crippen LogP contribution in [0.15, 0.2) is 59.8 Å². The topological polar surface area (TPSA) is 90.3 Å². The molecule has 34 heavy (non-hydrogen) atoms. The molecule has 0 radical (unpaired) electrons. The number of nitrogens with zero attached hydrogens (tertiary/aromatic N) is 3. The molecule has 8 nitrogen and oxygen atoms in total. The van der Waals surface area contributed by atoms with E-state index in [1.165, 1.54) is 10.6 Å². The molecular formula is C25H30ClN5O3. The summed E-state index contributed by atoms with van der Waals surface area (Å²) in [6, 6.07) is 11.0. The van der Waals surface area contributed by atoms with E-state index in [9.17, 15) is 4.79 Å². The van der Waals surface area contributed by atoms with Gasteiger partial charge in [0, 0.05) is 44.7 Å². The molecule has 1 aliphatic carbocycles. The molecule has 3 aromatic heterocycles. The third kappa shape index (κ3) is 6.79. The molecule has 2 N–H and O–H groups in total. The van der Waals surface area contributed by atoms with Crippen LogP contribution in [0, 0.1) is 0 Å². The minimum Gasteiger partial charge on any atom is -0.487 e. The van der Waals surface area contributed by atoms with Crippen LogP contribution < -0.4 is 20.9 Å². The molecule has 1 aliphatic rings. The van der Waals surface area contributed by atoms with E-state index in [4.69, 9.17) is 21.1 Å². The number of halogens is 1. The number of hydrogen-bond donors (Lipinski definition) is 2. The van der Waals surface area contributed by atoms with Crippen molar-refractivity contribution in [1.29, 1.82) is 0 Å². The first-order valence-electron chi connectivity index (χ1n) is 11.5. The second-order valence-corrected chi connectivity index (χ2v) is 8.76. The van der Waals surface area contributed by atoms with Crippen molar-refractivity contribution in [2.24, 2.45) is 0 Å². The first-order valence-corrected chi connectivity index (χ1v) is 11.9. The fourth-order valence-corrected chi connectivity index (χ4v) is 4.13. The number of methoxy groups -OCH3 is 1. The number of nitrogens with one attached hydrogen (secondary N) is 2. The molecule has 0 unspecified atom stereocenters. The standard InChI is InChI=1S/C25H30ClN5O3/c1-33-22-7-4-19(5-8-22)27-11-12-28-24-9-6-21(16-30-24)31-13-10-23(14-25(31)32)34-17-20-3-2-18(26)15-29-20/h2-3,6,9-10,13-16,19,22,27H,4-5,7-8,11-12,17H2,1H3,(H,28,30)/t19-,22-. The molecule has 0 aliphatic heterocycles. The zero-order valence-corrected chi connectivity index (χ0v) is 20.0. The van der Waals surface area contributed by atoms with Gasteiger partial charge in [0.15, 0.2) is 0 Å². The van der Waals surface area contributed by atoms with Gasteiger partial charge in [-0.15, -0.1) is 0 Å². The van der Waals surface area contributed by atoms with Crippen LogP contribution in [0.1, 0.15) is 31.4 Å². The lowest BCUT2D eigenvalue weighted by Crippen LogP contribution is -2.37. The average molecular weight is 484 g/mol. The van der Waals surface area contributed by atoms with E-state index >= 15 is 0 Å². The minimum absolute atomic E-state index is 0.198. The lowest BCUT2D eigenvalue weighted by atomic mass is 9.93. The van der Waals surface area contributed by atoms with Gasteiger partial charge in [-0.1, -0.05) is 11.6 Å². The predicted octanol–water partition coefficient (Wildman–Crippen LogP) is 3.82. The van der Waals surface area contributed by atoms with Gasteiger partial charge < -0.3 is 20.1 Å². The Labute approximate surface area is 204 Å². The largest absolute Gasteiger partial charge is 0.487 e. The van der Waals surface area contributed by atoms with E-state index in [2.05, 4.69) is 20.6 Å². The Morgan fingerprint density at radius 2 is 1.91 bits per heavy atom. The Morgan fingerprint density at radius 3 is 2.59 bits per heavy atom. The average Bonchev–Trinajstić information content (AvgIpc) is 2.87. The molecule has 0 atom stereocenters. The number of hydrogen-bond acceptors (Lipinski definition) is 7. The Bertz CT molecular complexity index is 1100. The molecule has 0 amide bonds. The maximum absolute atomic E-state index is 12.6. The quantitative estimate of drug-likeness (QED) is 0.423. The third-order valence-electron chi connectivity index (χ3n) is 5.96. The second kappa shape index (κ2) is 12.0. The fourth-order valence-electron chi connectivity index (χ4n) is 4.02. The zero-order valence-electron chi connectivity index (χ0n) is 19.2. The number of pyridine rings is 3. The second-order valence-electron chi connectivity index (χ2n) is 8.32. The summed E-state index contributed by atoms with van der Waals surface area (Å²) < 4.78 is 12.6. The van der Waals surface area contributed by atoms with E-state index in [1.807, 2.05) is 12.1 Å². The van der Waals surface area contributed by atoms with E-state index in [1.54, 1.807) is 43.9 Å². The Balaban J connectivity index is 1.24. The molecule has 1 fully saturated rings. The third-order valence-corrected chi connectivity index (χ3v) is 6.19. The van der Waals surface area contributed by atoms with Crippen LogP contribution >= 0.6 is 11.6 Å². The first kappa shape index (κ1) is 24.2. The van der Waals surface area contributed by atoms with Gasteiger partial charge in [0.05, 0.1) is 28.7 Å². The number of ether oxygens (including phenoxy) is 2. The Morgan fingerprint density at radius 1 is 1.06 bits per heavy atom. The van der Waals surface area contributed by atoms with Gasteiger partial charge >= 0.3 is 0 Å². The maximum Gasteiger partial charge on any atom is 0.258 e. The van der Waals surface area contributed by atoms with Crippen LogP contribution in [0.25, 0.3) is 5.69 Å². The van der Waals surface area contributed by atoms with Gasteiger partial charge in [-0.05, 0) is 56.0 Å². The number of anilines is 1. The van der Waals surface area contributed by atoms with Crippen molar-refractivity contribution in [2.45, 2.75) is 44.4 Å². The smallest absolute Gasteiger partial charge is 0.258 e. The van der Waals surface area contributed by atoms with Gasteiger partial charge in [0.1, 0.15) is 18.2 Å². The van der Waals surface area contributed by atoms with Crippen molar-refractivity contribution in [3.8, 4) is 11.4 Å². The first-order chi connectivity index (χ1) is 16.6. The SMILES string of the molecule is CO[C@H]1CC[C@H](NCCNc2ccc(-n3ccc(OCc4ccc(Cl)cn4)cc3=O)cn2)CC1. The summed E-state index contributed by atoms with van der Waals surface area (Å²) in [5, 5.41) is 7.49. The van der Waals surface area contributed by atoms with Gasteiger partial charge in [-0.2, -0.15) is 0 Å². The van der Waals surface area contributed by atoms with Crippen molar-refractivity contribution in [3.05, 3.63) is 76.1 Å². The highest BCUT2D eigenvalue weighted by Gasteiger charge is 2.19. The summed E-state index contributed by atoms with van der Waals surface area (Å²) in [5.74, 6) is 1.25. The predicted molar refractivity (Wildman–Crippen MR) is 133 cm³/mol. The van der Waals surface area contributed by atoms with Crippen LogP contribution in [0.5, 0.6) is 5.75 Å². The van der Waals surface area contributed by atoms with Gasteiger partial charge in [-0.25, -0.2) is 4.98 Å². The van der Waals surface area contributed by atoms with Crippen molar-refractivity contribution in [2.75, 3.05) is 25.5 Å². The Kier molecular flexibility index (Phi) is 8.51. The lowest BCUT2D eigenvalue weighted by molar-refractivity contribution is 0.0627. The molecular weight excluding hydrogens is 454 g/mol. The highest BCUT2D eigenvalue weighted by atomic mass is 35.5. The molecule has 0 saturated heterocycles. The molecule has 9 heteroatoms. The molecule has 3 heterocycles. The molecule has 3 aromatic rings. The monoisotopic (exact) mass is 483 g/mol. The van der Waals surface area contributed by atoms with E-state index < -0.39 is 0 Å². The maximum atomic E-state index is 12.6. The van der Waals surface area contributed by atoms with Crippen molar-refractivity contribution >= 4 is 17.4 Å². The van der Waals surface area contributed by atoms with Crippen LogP contribution in [0.3, 0.4) is 0 Å².